The van der Waals surface area contributed by atoms with Gasteiger partial charge in [-0.05, 0) is 12.5 Å². The molecule has 0 aromatic heterocycles. The lowest BCUT2D eigenvalue weighted by Crippen LogP contribution is -2.20. The highest BCUT2D eigenvalue weighted by Crippen LogP contribution is 2.60. The maximum absolute atomic E-state index is 12.4. The Balaban J connectivity index is 3.06. The largest absolute Gasteiger partial charge is 0.412 e. The molecule has 0 radical (unpaired) electrons. The summed E-state index contributed by atoms with van der Waals surface area (Å²) in [5.41, 5.74) is 0.708. The van der Waals surface area contributed by atoms with Gasteiger partial charge in [0.2, 0.25) is 0 Å². The number of hydrogen-bond acceptors (Lipinski definition) is 3. The smallest absolute Gasteiger partial charge is 0.296 e. The maximum Gasteiger partial charge on any atom is 0.412 e. The predicted octanol–water partition coefficient (Wildman–Crippen LogP) is 5.32. The second-order valence-corrected chi connectivity index (χ2v) is 6.64. The third-order valence-corrected chi connectivity index (χ3v) is 4.34. The van der Waals surface area contributed by atoms with E-state index >= 15 is 0 Å². The molecule has 0 saturated heterocycles. The van der Waals surface area contributed by atoms with E-state index in [1.807, 2.05) is 0 Å². The molecule has 130 valence electrons. The Labute approximate surface area is 128 Å². The quantitative estimate of drug-likeness (QED) is 0.508. The molecule has 0 aliphatic heterocycles. The first-order valence-electron chi connectivity index (χ1n) is 6.11. The number of benzene rings is 1. The first-order valence-corrected chi connectivity index (χ1v) is 7.66. The van der Waals surface area contributed by atoms with E-state index in [4.69, 9.17) is 0 Å². The van der Waals surface area contributed by atoms with Crippen LogP contribution in [-0.4, -0.2) is 25.6 Å². The predicted molar refractivity (Wildman–Crippen MR) is 71.8 cm³/mol. The topological polar surface area (TPSA) is 35.5 Å². The van der Waals surface area contributed by atoms with Crippen molar-refractivity contribution >= 4 is 12.9 Å². The van der Waals surface area contributed by atoms with Gasteiger partial charge in [0.1, 0.15) is 0 Å². The van der Waals surface area contributed by atoms with Crippen LogP contribution >= 0.6 is 7.60 Å². The van der Waals surface area contributed by atoms with E-state index in [1.54, 1.807) is 13.0 Å². The molecule has 0 N–H and O–H groups in total. The van der Waals surface area contributed by atoms with E-state index < -0.39 is 38.5 Å². The third-order valence-electron chi connectivity index (χ3n) is 2.48. The van der Waals surface area contributed by atoms with Crippen LogP contribution in [0.4, 0.5) is 26.3 Å². The minimum Gasteiger partial charge on any atom is -0.296 e. The van der Waals surface area contributed by atoms with Gasteiger partial charge in [-0.15, -0.1) is 0 Å². The van der Waals surface area contributed by atoms with Gasteiger partial charge < -0.3 is 0 Å². The standard InChI is InChI=1S/C13H13F6O3P/c1-9-4-3-5-11(6-9)10(2)23(20,21-7-12(14,15)16)22-8-13(17,18)19/h3-6H,2,7-8H2,1H3. The molecule has 1 aromatic carbocycles. The van der Waals surface area contributed by atoms with Crippen LogP contribution in [0, 0.1) is 6.92 Å². The molecule has 1 rings (SSSR count). The minimum absolute atomic E-state index is 0.0673. The summed E-state index contributed by atoms with van der Waals surface area (Å²) in [6.07, 6.45) is -9.77. The number of aryl methyl sites for hydroxylation is 1. The fourth-order valence-electron chi connectivity index (χ4n) is 1.49. The molecule has 0 aliphatic rings. The summed E-state index contributed by atoms with van der Waals surface area (Å²) in [7, 11) is -4.88. The summed E-state index contributed by atoms with van der Waals surface area (Å²) >= 11 is 0. The van der Waals surface area contributed by atoms with E-state index in [-0.39, 0.29) is 5.56 Å². The summed E-state index contributed by atoms with van der Waals surface area (Å²) in [6, 6.07) is 5.83. The van der Waals surface area contributed by atoms with Crippen LogP contribution in [0.5, 0.6) is 0 Å². The van der Waals surface area contributed by atoms with Crippen molar-refractivity contribution in [3.05, 3.63) is 42.0 Å². The number of rotatable bonds is 6. The van der Waals surface area contributed by atoms with E-state index in [2.05, 4.69) is 15.6 Å². The average molecular weight is 362 g/mol. The Morgan fingerprint density at radius 3 is 1.96 bits per heavy atom. The monoisotopic (exact) mass is 362 g/mol. The molecule has 0 fully saturated rings. The highest BCUT2D eigenvalue weighted by molar-refractivity contribution is 7.65. The zero-order valence-corrected chi connectivity index (χ0v) is 12.8. The molecule has 0 bridgehead atoms. The van der Waals surface area contributed by atoms with Crippen molar-refractivity contribution in [3.8, 4) is 0 Å². The van der Waals surface area contributed by atoms with Gasteiger partial charge in [0.15, 0.2) is 13.2 Å². The minimum atomic E-state index is -4.88. The van der Waals surface area contributed by atoms with Gasteiger partial charge in [0.05, 0.1) is 5.31 Å². The molecular weight excluding hydrogens is 349 g/mol. The molecule has 1 aromatic rings. The van der Waals surface area contributed by atoms with E-state index in [0.29, 0.717) is 5.56 Å². The second kappa shape index (κ2) is 7.07. The normalized spacial score (nSPS) is 13.2. The Kier molecular flexibility index (Phi) is 6.06. The lowest BCUT2D eigenvalue weighted by atomic mass is 10.1. The van der Waals surface area contributed by atoms with Gasteiger partial charge in [-0.3, -0.25) is 13.6 Å². The lowest BCUT2D eigenvalue weighted by molar-refractivity contribution is -0.164. The second-order valence-electron chi connectivity index (χ2n) is 4.59. The molecule has 0 aliphatic carbocycles. The van der Waals surface area contributed by atoms with Gasteiger partial charge >= 0.3 is 19.9 Å². The Bertz CT molecular complexity index is 586. The van der Waals surface area contributed by atoms with Crippen LogP contribution in [0.3, 0.4) is 0 Å². The fraction of sp³-hybridized carbons (Fsp3) is 0.385. The highest BCUT2D eigenvalue weighted by Gasteiger charge is 2.40. The fourth-order valence-corrected chi connectivity index (χ4v) is 2.97. The van der Waals surface area contributed by atoms with E-state index in [9.17, 15) is 30.9 Å². The first kappa shape index (κ1) is 19.7. The van der Waals surface area contributed by atoms with Gasteiger partial charge in [0, 0.05) is 0 Å². The molecule has 0 amide bonds. The Hall–Kier alpha value is -1.31. The Morgan fingerprint density at radius 2 is 1.57 bits per heavy atom. The van der Waals surface area contributed by atoms with Gasteiger partial charge in [-0.25, -0.2) is 0 Å². The summed E-state index contributed by atoms with van der Waals surface area (Å²) < 4.78 is 94.1. The van der Waals surface area contributed by atoms with Crippen molar-refractivity contribution in [1.82, 2.24) is 0 Å². The summed E-state index contributed by atoms with van der Waals surface area (Å²) in [4.78, 5) is 0. The molecule has 0 atom stereocenters. The van der Waals surface area contributed by atoms with Crippen LogP contribution < -0.4 is 0 Å². The third kappa shape index (κ3) is 6.76. The molecule has 0 heterocycles. The maximum atomic E-state index is 12.4. The number of alkyl halides is 6. The van der Waals surface area contributed by atoms with Crippen LogP contribution in [0.25, 0.3) is 5.31 Å². The zero-order valence-electron chi connectivity index (χ0n) is 11.9. The average Bonchev–Trinajstić information content (AvgIpc) is 2.40. The molecule has 3 nitrogen and oxygen atoms in total. The van der Waals surface area contributed by atoms with Gasteiger partial charge in [-0.2, -0.15) is 26.3 Å². The van der Waals surface area contributed by atoms with Crippen molar-refractivity contribution in [2.75, 3.05) is 13.2 Å². The Morgan fingerprint density at radius 1 is 1.09 bits per heavy atom. The zero-order chi connectivity index (χ0) is 17.9. The molecule has 0 unspecified atom stereocenters. The molecular formula is C13H13F6O3P. The number of halogens is 6. The van der Waals surface area contributed by atoms with Crippen LogP contribution in [-0.2, 0) is 13.6 Å². The summed E-state index contributed by atoms with van der Waals surface area (Å²) in [5, 5.41) is -0.574. The molecule has 0 spiro atoms. The van der Waals surface area contributed by atoms with Crippen molar-refractivity contribution in [2.45, 2.75) is 19.3 Å². The lowest BCUT2D eigenvalue weighted by Gasteiger charge is -2.22. The first-order chi connectivity index (χ1) is 10.3. The SMILES string of the molecule is C=C(c1cccc(C)c1)P(=O)(OCC(F)(F)F)OCC(F)(F)F. The summed E-state index contributed by atoms with van der Waals surface area (Å²) in [6.45, 7) is 0.884. The highest BCUT2D eigenvalue weighted by atomic mass is 31.2. The van der Waals surface area contributed by atoms with Crippen LogP contribution in [0.15, 0.2) is 30.8 Å². The van der Waals surface area contributed by atoms with Crippen molar-refractivity contribution in [2.24, 2.45) is 0 Å². The van der Waals surface area contributed by atoms with E-state index in [1.165, 1.54) is 18.2 Å². The summed E-state index contributed by atoms with van der Waals surface area (Å²) in [5.74, 6) is 0. The van der Waals surface area contributed by atoms with Gasteiger partial charge in [-0.1, -0.05) is 36.4 Å². The van der Waals surface area contributed by atoms with Crippen molar-refractivity contribution < 1.29 is 40.0 Å². The van der Waals surface area contributed by atoms with Gasteiger partial charge in [0.25, 0.3) is 0 Å². The number of hydrogen-bond donors (Lipinski definition) is 0. The van der Waals surface area contributed by atoms with Crippen molar-refractivity contribution in [1.29, 1.82) is 0 Å². The van der Waals surface area contributed by atoms with Crippen LogP contribution in [0.2, 0.25) is 0 Å². The molecule has 23 heavy (non-hydrogen) atoms. The van der Waals surface area contributed by atoms with E-state index in [0.717, 1.165) is 0 Å². The van der Waals surface area contributed by atoms with Crippen LogP contribution in [0.1, 0.15) is 11.1 Å². The molecule has 10 heteroatoms. The molecule has 0 saturated carbocycles. The van der Waals surface area contributed by atoms with Crippen molar-refractivity contribution in [3.63, 3.8) is 0 Å².